The van der Waals surface area contributed by atoms with Crippen molar-refractivity contribution in [2.75, 3.05) is 6.61 Å². The van der Waals surface area contributed by atoms with Crippen molar-refractivity contribution >= 4 is 0 Å². The molecular formula is C36H40O6. The molecule has 0 radical (unpaired) electrons. The average Bonchev–Trinajstić information content (AvgIpc) is 3.05. The lowest BCUT2D eigenvalue weighted by molar-refractivity contribution is -0.201. The predicted octanol–water partition coefficient (Wildman–Crippen LogP) is 5.87. The van der Waals surface area contributed by atoms with E-state index >= 15 is 0 Å². The molecule has 0 unspecified atom stereocenters. The first-order valence-corrected chi connectivity index (χ1v) is 14.2. The summed E-state index contributed by atoms with van der Waals surface area (Å²) < 4.78 is 25.1. The van der Waals surface area contributed by atoms with Gasteiger partial charge in [-0.1, -0.05) is 127 Å². The Bertz CT molecular complexity index is 1270. The number of hydrogen-bond acceptors (Lipinski definition) is 6. The minimum absolute atomic E-state index is 0.00482. The summed E-state index contributed by atoms with van der Waals surface area (Å²) in [5.74, 6) is 0. The molecule has 0 bridgehead atoms. The lowest BCUT2D eigenvalue weighted by atomic mass is 9.98. The van der Waals surface area contributed by atoms with Gasteiger partial charge in [-0.25, -0.2) is 0 Å². The minimum atomic E-state index is -1.09. The van der Waals surface area contributed by atoms with Crippen molar-refractivity contribution in [1.82, 2.24) is 0 Å². The van der Waals surface area contributed by atoms with E-state index in [1.165, 1.54) is 6.08 Å². The normalized spacial score (nSPS) is 14.9. The fourth-order valence-electron chi connectivity index (χ4n) is 4.59. The summed E-state index contributed by atoms with van der Waals surface area (Å²) in [6, 6.07) is 38.9. The second-order valence-corrected chi connectivity index (χ2v) is 10.1. The van der Waals surface area contributed by atoms with Crippen LogP contribution in [0, 0.1) is 0 Å². The zero-order valence-electron chi connectivity index (χ0n) is 23.8. The summed E-state index contributed by atoms with van der Waals surface area (Å²) in [7, 11) is 0. The predicted molar refractivity (Wildman–Crippen MR) is 163 cm³/mol. The SMILES string of the molecule is C=C[C@H](O)[C@H](OCc1ccccc1)[C@@H](OCc1ccccc1)[C@@H](OCc1ccccc1)[C@H](O)COCc1ccccc1. The smallest absolute Gasteiger partial charge is 0.116 e. The molecule has 4 rings (SSSR count). The number of aliphatic hydroxyl groups excluding tert-OH is 2. The largest absolute Gasteiger partial charge is 0.388 e. The van der Waals surface area contributed by atoms with Gasteiger partial charge in [-0.15, -0.1) is 6.58 Å². The maximum atomic E-state index is 11.5. The molecule has 4 aromatic carbocycles. The van der Waals surface area contributed by atoms with Crippen LogP contribution in [0.2, 0.25) is 0 Å². The molecule has 4 aromatic rings. The Morgan fingerprint density at radius 3 is 1.26 bits per heavy atom. The second kappa shape index (κ2) is 17.4. The number of hydrogen-bond donors (Lipinski definition) is 2. The summed E-state index contributed by atoms with van der Waals surface area (Å²) in [5.41, 5.74) is 3.81. The summed E-state index contributed by atoms with van der Waals surface area (Å²) >= 11 is 0. The Labute approximate surface area is 248 Å². The van der Waals surface area contributed by atoms with E-state index in [1.807, 2.05) is 121 Å². The molecule has 6 nitrogen and oxygen atoms in total. The summed E-state index contributed by atoms with van der Waals surface area (Å²) in [4.78, 5) is 0. The summed E-state index contributed by atoms with van der Waals surface area (Å²) in [5, 5.41) is 22.6. The third-order valence-corrected chi connectivity index (χ3v) is 6.86. The molecule has 2 N–H and O–H groups in total. The van der Waals surface area contributed by atoms with Crippen molar-refractivity contribution in [3.05, 3.63) is 156 Å². The van der Waals surface area contributed by atoms with Crippen LogP contribution in [0.3, 0.4) is 0 Å². The molecule has 0 saturated carbocycles. The highest BCUT2D eigenvalue weighted by Crippen LogP contribution is 2.24. The highest BCUT2D eigenvalue weighted by atomic mass is 16.6. The summed E-state index contributed by atoms with van der Waals surface area (Å²) in [6.45, 7) is 4.81. The van der Waals surface area contributed by atoms with Crippen LogP contribution in [0.5, 0.6) is 0 Å². The topological polar surface area (TPSA) is 77.4 Å². The minimum Gasteiger partial charge on any atom is -0.388 e. The number of ether oxygens (including phenoxy) is 4. The zero-order valence-corrected chi connectivity index (χ0v) is 23.8. The van der Waals surface area contributed by atoms with E-state index in [1.54, 1.807) is 0 Å². The Kier molecular flexibility index (Phi) is 12.9. The van der Waals surface area contributed by atoms with E-state index in [-0.39, 0.29) is 26.4 Å². The lowest BCUT2D eigenvalue weighted by Gasteiger charge is -2.37. The van der Waals surface area contributed by atoms with Crippen molar-refractivity contribution < 1.29 is 29.2 Å². The van der Waals surface area contributed by atoms with Crippen LogP contribution in [0.1, 0.15) is 22.3 Å². The van der Waals surface area contributed by atoms with Gasteiger partial charge in [0.25, 0.3) is 0 Å². The third kappa shape index (κ3) is 10.0. The van der Waals surface area contributed by atoms with Crippen molar-refractivity contribution in [1.29, 1.82) is 0 Å². The molecule has 42 heavy (non-hydrogen) atoms. The van der Waals surface area contributed by atoms with E-state index in [9.17, 15) is 10.2 Å². The van der Waals surface area contributed by atoms with E-state index in [2.05, 4.69) is 6.58 Å². The van der Waals surface area contributed by atoms with Crippen molar-refractivity contribution in [2.45, 2.75) is 56.9 Å². The molecule has 220 valence electrons. The maximum absolute atomic E-state index is 11.5. The van der Waals surface area contributed by atoms with Gasteiger partial charge in [0.1, 0.15) is 30.5 Å². The van der Waals surface area contributed by atoms with Crippen molar-refractivity contribution in [3.8, 4) is 0 Å². The van der Waals surface area contributed by atoms with Crippen LogP contribution in [0.25, 0.3) is 0 Å². The lowest BCUT2D eigenvalue weighted by Crippen LogP contribution is -2.53. The fourth-order valence-corrected chi connectivity index (χ4v) is 4.59. The van der Waals surface area contributed by atoms with Gasteiger partial charge in [0.15, 0.2) is 0 Å². The molecular weight excluding hydrogens is 528 g/mol. The van der Waals surface area contributed by atoms with E-state index in [4.69, 9.17) is 18.9 Å². The first kappa shape index (κ1) is 31.3. The first-order chi connectivity index (χ1) is 20.6. The van der Waals surface area contributed by atoms with Crippen molar-refractivity contribution in [3.63, 3.8) is 0 Å². The van der Waals surface area contributed by atoms with Crippen LogP contribution < -0.4 is 0 Å². The van der Waals surface area contributed by atoms with Crippen LogP contribution >= 0.6 is 0 Å². The Balaban J connectivity index is 1.59. The molecule has 5 atom stereocenters. The van der Waals surface area contributed by atoms with Crippen LogP contribution in [-0.4, -0.2) is 47.3 Å². The van der Waals surface area contributed by atoms with Gasteiger partial charge in [0.05, 0.1) is 33.0 Å². The molecule has 0 aromatic heterocycles. The second-order valence-electron chi connectivity index (χ2n) is 10.1. The summed E-state index contributed by atoms with van der Waals surface area (Å²) in [6.07, 6.45) is -3.43. The monoisotopic (exact) mass is 568 g/mol. The Hall–Kier alpha value is -3.62. The van der Waals surface area contributed by atoms with Crippen molar-refractivity contribution in [2.24, 2.45) is 0 Å². The van der Waals surface area contributed by atoms with Gasteiger partial charge in [-0.3, -0.25) is 0 Å². The highest BCUT2D eigenvalue weighted by Gasteiger charge is 2.40. The molecule has 0 aliphatic carbocycles. The molecule has 0 fully saturated rings. The Morgan fingerprint density at radius 1 is 0.500 bits per heavy atom. The molecule has 0 aliphatic rings. The van der Waals surface area contributed by atoms with E-state index < -0.39 is 30.5 Å². The molecule has 0 aliphatic heterocycles. The van der Waals surface area contributed by atoms with Gasteiger partial charge < -0.3 is 29.2 Å². The number of aliphatic hydroxyl groups is 2. The number of rotatable bonds is 18. The van der Waals surface area contributed by atoms with Gasteiger partial charge in [0, 0.05) is 0 Å². The molecule has 0 spiro atoms. The third-order valence-electron chi connectivity index (χ3n) is 6.86. The average molecular weight is 569 g/mol. The van der Waals surface area contributed by atoms with Gasteiger partial charge in [-0.05, 0) is 22.3 Å². The van der Waals surface area contributed by atoms with Gasteiger partial charge in [0.2, 0.25) is 0 Å². The van der Waals surface area contributed by atoms with E-state index in [0.717, 1.165) is 22.3 Å². The molecule has 0 saturated heterocycles. The van der Waals surface area contributed by atoms with Crippen LogP contribution in [-0.2, 0) is 45.4 Å². The Morgan fingerprint density at radius 2 is 0.857 bits per heavy atom. The van der Waals surface area contributed by atoms with E-state index in [0.29, 0.717) is 6.61 Å². The van der Waals surface area contributed by atoms with Crippen LogP contribution in [0.15, 0.2) is 134 Å². The number of benzene rings is 4. The van der Waals surface area contributed by atoms with Crippen LogP contribution in [0.4, 0.5) is 0 Å². The highest BCUT2D eigenvalue weighted by molar-refractivity contribution is 5.16. The molecule has 0 heterocycles. The quantitative estimate of drug-likeness (QED) is 0.146. The standard InChI is InChI=1S/C36H40O6/c1-2-32(37)34(40-24-29-17-9-4-10-18-29)36(42-26-31-21-13-6-14-22-31)35(41-25-30-19-11-5-12-20-30)33(38)27-39-23-28-15-7-3-8-16-28/h2-22,32-38H,1,23-27H2/t32-,33+,34-,35-,36+/m0/s1. The molecule has 6 heteroatoms. The fraction of sp³-hybridized carbons (Fsp3) is 0.278. The van der Waals surface area contributed by atoms with Gasteiger partial charge in [-0.2, -0.15) is 0 Å². The zero-order chi connectivity index (χ0) is 29.4. The first-order valence-electron chi connectivity index (χ1n) is 14.2. The maximum Gasteiger partial charge on any atom is 0.116 e. The van der Waals surface area contributed by atoms with Gasteiger partial charge >= 0.3 is 0 Å². The molecule has 0 amide bonds.